The van der Waals surface area contributed by atoms with Gasteiger partial charge in [0.2, 0.25) is 0 Å². The number of hydrogen-bond acceptors (Lipinski definition) is 5. The van der Waals surface area contributed by atoms with Gasteiger partial charge in [0.05, 0.1) is 12.4 Å². The predicted octanol–water partition coefficient (Wildman–Crippen LogP) is 1.92. The summed E-state index contributed by atoms with van der Waals surface area (Å²) in [5, 5.41) is 3.18. The molecule has 1 aliphatic heterocycles. The molecule has 0 unspecified atom stereocenters. The predicted molar refractivity (Wildman–Crippen MR) is 89.9 cm³/mol. The second-order valence-corrected chi connectivity index (χ2v) is 5.87. The average molecular weight is 311 g/mol. The number of aryl methyl sites for hydroxylation is 1. The average Bonchev–Trinajstić information content (AvgIpc) is 2.58. The van der Waals surface area contributed by atoms with Gasteiger partial charge >= 0.3 is 0 Å². The molecule has 0 atom stereocenters. The van der Waals surface area contributed by atoms with Crippen molar-refractivity contribution in [1.82, 2.24) is 19.8 Å². The Morgan fingerprint density at radius 2 is 1.74 bits per heavy atom. The minimum Gasteiger partial charge on any atom is -0.339 e. The number of carbonyl (C=O) groups is 1. The van der Waals surface area contributed by atoms with Gasteiger partial charge in [0, 0.05) is 31.9 Å². The zero-order valence-corrected chi connectivity index (χ0v) is 13.5. The molecule has 2 heterocycles. The first-order valence-corrected chi connectivity index (χ1v) is 7.75. The summed E-state index contributed by atoms with van der Waals surface area (Å²) in [6, 6.07) is 8.03. The highest BCUT2D eigenvalue weighted by Crippen LogP contribution is 2.14. The smallest absolute Gasteiger partial charge is 0.274 e. The van der Waals surface area contributed by atoms with Crippen molar-refractivity contribution >= 4 is 17.4 Å². The third-order valence-electron chi connectivity index (χ3n) is 3.99. The molecule has 1 saturated heterocycles. The number of aromatic nitrogens is 2. The van der Waals surface area contributed by atoms with E-state index in [1.165, 1.54) is 11.8 Å². The quantitative estimate of drug-likeness (QED) is 0.938. The highest BCUT2D eigenvalue weighted by Gasteiger charge is 2.21. The summed E-state index contributed by atoms with van der Waals surface area (Å²) in [5.74, 6) is 0.580. The SMILES string of the molecule is Cc1ccc(Nc2cnc(C(=O)N3CCN(C)CC3)cn2)cc1. The van der Waals surface area contributed by atoms with Crippen molar-refractivity contribution in [3.05, 3.63) is 47.9 Å². The molecule has 6 heteroatoms. The zero-order chi connectivity index (χ0) is 16.2. The van der Waals surface area contributed by atoms with E-state index in [0.717, 1.165) is 31.9 Å². The van der Waals surface area contributed by atoms with Gasteiger partial charge in [-0.3, -0.25) is 4.79 Å². The first kappa shape index (κ1) is 15.4. The van der Waals surface area contributed by atoms with Crippen LogP contribution in [0.4, 0.5) is 11.5 Å². The first-order valence-electron chi connectivity index (χ1n) is 7.75. The summed E-state index contributed by atoms with van der Waals surface area (Å²) in [5.41, 5.74) is 2.54. The minimum absolute atomic E-state index is 0.0486. The largest absolute Gasteiger partial charge is 0.339 e. The lowest BCUT2D eigenvalue weighted by Crippen LogP contribution is -2.47. The molecule has 1 aromatic carbocycles. The molecule has 0 radical (unpaired) electrons. The number of rotatable bonds is 3. The molecule has 2 aromatic rings. The van der Waals surface area contributed by atoms with Gasteiger partial charge < -0.3 is 15.1 Å². The molecular formula is C17H21N5O. The lowest BCUT2D eigenvalue weighted by Gasteiger charge is -2.32. The second-order valence-electron chi connectivity index (χ2n) is 5.87. The Labute approximate surface area is 136 Å². The number of piperazine rings is 1. The number of anilines is 2. The number of carbonyl (C=O) groups excluding carboxylic acids is 1. The van der Waals surface area contributed by atoms with Crippen LogP contribution in [0.3, 0.4) is 0 Å². The molecule has 0 saturated carbocycles. The molecule has 1 amide bonds. The van der Waals surface area contributed by atoms with Crippen LogP contribution in [0, 0.1) is 6.92 Å². The lowest BCUT2D eigenvalue weighted by molar-refractivity contribution is 0.0658. The molecule has 0 aliphatic carbocycles. The molecule has 1 aliphatic rings. The van der Waals surface area contributed by atoms with E-state index in [-0.39, 0.29) is 5.91 Å². The molecule has 6 nitrogen and oxygen atoms in total. The first-order chi connectivity index (χ1) is 11.1. The van der Waals surface area contributed by atoms with Crippen LogP contribution in [-0.2, 0) is 0 Å². The maximum absolute atomic E-state index is 12.4. The Morgan fingerprint density at radius 3 is 2.35 bits per heavy atom. The van der Waals surface area contributed by atoms with E-state index in [4.69, 9.17) is 0 Å². The van der Waals surface area contributed by atoms with Crippen molar-refractivity contribution in [3.63, 3.8) is 0 Å². The summed E-state index contributed by atoms with van der Waals surface area (Å²) in [6.07, 6.45) is 3.14. The third-order valence-corrected chi connectivity index (χ3v) is 3.99. The molecule has 1 fully saturated rings. The highest BCUT2D eigenvalue weighted by molar-refractivity contribution is 5.92. The van der Waals surface area contributed by atoms with Gasteiger partial charge in [-0.25, -0.2) is 9.97 Å². The van der Waals surface area contributed by atoms with Crippen molar-refractivity contribution in [1.29, 1.82) is 0 Å². The van der Waals surface area contributed by atoms with Crippen molar-refractivity contribution in [3.8, 4) is 0 Å². The van der Waals surface area contributed by atoms with E-state index < -0.39 is 0 Å². The van der Waals surface area contributed by atoms with Crippen molar-refractivity contribution < 1.29 is 4.79 Å². The fourth-order valence-corrected chi connectivity index (χ4v) is 2.46. The summed E-state index contributed by atoms with van der Waals surface area (Å²) < 4.78 is 0. The topological polar surface area (TPSA) is 61.4 Å². The normalized spacial score (nSPS) is 15.5. The third kappa shape index (κ3) is 3.84. The summed E-state index contributed by atoms with van der Waals surface area (Å²) in [4.78, 5) is 25.0. The van der Waals surface area contributed by atoms with Crippen molar-refractivity contribution in [2.45, 2.75) is 6.92 Å². The number of nitrogens with zero attached hydrogens (tertiary/aromatic N) is 4. The summed E-state index contributed by atoms with van der Waals surface area (Å²) in [7, 11) is 2.06. The molecule has 1 N–H and O–H groups in total. The minimum atomic E-state index is -0.0486. The fourth-order valence-electron chi connectivity index (χ4n) is 2.46. The Bertz CT molecular complexity index is 660. The van der Waals surface area contributed by atoms with Gasteiger partial charge in [-0.1, -0.05) is 17.7 Å². The Morgan fingerprint density at radius 1 is 1.04 bits per heavy atom. The maximum atomic E-state index is 12.4. The fraction of sp³-hybridized carbons (Fsp3) is 0.353. The van der Waals surface area contributed by atoms with Crippen LogP contribution in [0.2, 0.25) is 0 Å². The molecule has 0 spiro atoms. The van der Waals surface area contributed by atoms with Crippen LogP contribution < -0.4 is 5.32 Å². The van der Waals surface area contributed by atoms with Crippen LogP contribution in [0.25, 0.3) is 0 Å². The van der Waals surface area contributed by atoms with Gasteiger partial charge in [-0.05, 0) is 26.1 Å². The van der Waals surface area contributed by atoms with E-state index in [1.54, 1.807) is 6.20 Å². The van der Waals surface area contributed by atoms with Crippen molar-refractivity contribution in [2.24, 2.45) is 0 Å². The van der Waals surface area contributed by atoms with E-state index in [2.05, 4.69) is 27.2 Å². The van der Waals surface area contributed by atoms with Crippen LogP contribution in [-0.4, -0.2) is 58.9 Å². The number of hydrogen-bond donors (Lipinski definition) is 1. The Kier molecular flexibility index (Phi) is 4.52. The van der Waals surface area contributed by atoms with E-state index in [9.17, 15) is 4.79 Å². The number of benzene rings is 1. The highest BCUT2D eigenvalue weighted by atomic mass is 16.2. The van der Waals surface area contributed by atoms with Crippen LogP contribution >= 0.6 is 0 Å². The zero-order valence-electron chi connectivity index (χ0n) is 13.5. The van der Waals surface area contributed by atoms with Gasteiger partial charge in [-0.2, -0.15) is 0 Å². The number of amides is 1. The van der Waals surface area contributed by atoms with E-state index in [0.29, 0.717) is 11.5 Å². The molecule has 3 rings (SSSR count). The molecular weight excluding hydrogens is 290 g/mol. The maximum Gasteiger partial charge on any atom is 0.274 e. The molecule has 0 bridgehead atoms. The molecule has 120 valence electrons. The van der Waals surface area contributed by atoms with Crippen LogP contribution in [0.5, 0.6) is 0 Å². The molecule has 23 heavy (non-hydrogen) atoms. The summed E-state index contributed by atoms with van der Waals surface area (Å²) >= 11 is 0. The Balaban J connectivity index is 1.64. The number of nitrogens with one attached hydrogen (secondary N) is 1. The lowest BCUT2D eigenvalue weighted by atomic mass is 10.2. The van der Waals surface area contributed by atoms with E-state index in [1.807, 2.05) is 36.1 Å². The van der Waals surface area contributed by atoms with Gasteiger partial charge in [0.25, 0.3) is 5.91 Å². The van der Waals surface area contributed by atoms with Crippen LogP contribution in [0.1, 0.15) is 16.1 Å². The van der Waals surface area contributed by atoms with Gasteiger partial charge in [0.15, 0.2) is 0 Å². The Hall–Kier alpha value is -2.47. The second kappa shape index (κ2) is 6.75. The molecule has 1 aromatic heterocycles. The van der Waals surface area contributed by atoms with Gasteiger partial charge in [-0.15, -0.1) is 0 Å². The van der Waals surface area contributed by atoms with E-state index >= 15 is 0 Å². The van der Waals surface area contributed by atoms with Crippen molar-refractivity contribution in [2.75, 3.05) is 38.5 Å². The number of likely N-dealkylation sites (N-methyl/N-ethyl adjacent to an activating group) is 1. The van der Waals surface area contributed by atoms with Crippen LogP contribution in [0.15, 0.2) is 36.7 Å². The standard InChI is InChI=1S/C17H21N5O/c1-13-3-5-14(6-4-13)20-16-12-18-15(11-19-16)17(23)22-9-7-21(2)8-10-22/h3-6,11-12H,7-10H2,1-2H3,(H,19,20). The monoisotopic (exact) mass is 311 g/mol. The summed E-state index contributed by atoms with van der Waals surface area (Å²) in [6.45, 7) is 5.31. The van der Waals surface area contributed by atoms with Gasteiger partial charge in [0.1, 0.15) is 11.5 Å².